The van der Waals surface area contributed by atoms with E-state index in [0.29, 0.717) is 23.5 Å². The van der Waals surface area contributed by atoms with E-state index in [1.165, 1.54) is 0 Å². The maximum Gasteiger partial charge on any atom is 0.342 e. The molecule has 100 valence electrons. The molecule has 0 atom stereocenters. The van der Waals surface area contributed by atoms with Gasteiger partial charge in [0.05, 0.1) is 13.2 Å². The minimum atomic E-state index is -0.560. The van der Waals surface area contributed by atoms with Gasteiger partial charge in [-0.05, 0) is 45.4 Å². The van der Waals surface area contributed by atoms with Crippen molar-refractivity contribution < 1.29 is 19.4 Å². The molecule has 1 aromatic rings. The van der Waals surface area contributed by atoms with Crippen LogP contribution in [0.5, 0.6) is 5.75 Å². The van der Waals surface area contributed by atoms with Crippen molar-refractivity contribution in [3.63, 3.8) is 0 Å². The fourth-order valence-electron chi connectivity index (χ4n) is 1.45. The molecule has 0 aliphatic heterocycles. The van der Waals surface area contributed by atoms with Crippen molar-refractivity contribution in [3.8, 4) is 5.75 Å². The van der Waals surface area contributed by atoms with E-state index in [0.717, 1.165) is 0 Å². The zero-order chi connectivity index (χ0) is 13.8. The van der Waals surface area contributed by atoms with Gasteiger partial charge in [0.2, 0.25) is 0 Å². The van der Waals surface area contributed by atoms with Crippen LogP contribution >= 0.6 is 0 Å². The maximum atomic E-state index is 12.0. The summed E-state index contributed by atoms with van der Waals surface area (Å²) in [5.41, 5.74) is 0.438. The summed E-state index contributed by atoms with van der Waals surface area (Å²) in [5.74, 6) is 0.0326. The van der Waals surface area contributed by atoms with Crippen LogP contribution < -0.4 is 4.74 Å². The molecule has 0 fully saturated rings. The van der Waals surface area contributed by atoms with E-state index in [2.05, 4.69) is 0 Å². The second kappa shape index (κ2) is 5.87. The molecule has 4 nitrogen and oxygen atoms in total. The Hall–Kier alpha value is -1.55. The van der Waals surface area contributed by atoms with E-state index in [9.17, 15) is 4.79 Å². The average Bonchev–Trinajstić information content (AvgIpc) is 2.27. The van der Waals surface area contributed by atoms with Crippen molar-refractivity contribution in [1.29, 1.82) is 0 Å². The lowest BCUT2D eigenvalue weighted by Gasteiger charge is -2.20. The van der Waals surface area contributed by atoms with Crippen LogP contribution in [0.25, 0.3) is 0 Å². The first-order valence-corrected chi connectivity index (χ1v) is 5.97. The van der Waals surface area contributed by atoms with Crippen LogP contribution in [0, 0.1) is 0 Å². The van der Waals surface area contributed by atoms with Gasteiger partial charge in [0, 0.05) is 0 Å². The van der Waals surface area contributed by atoms with Crippen LogP contribution in [-0.4, -0.2) is 23.3 Å². The molecule has 0 aliphatic rings. The summed E-state index contributed by atoms with van der Waals surface area (Å²) < 4.78 is 10.7. The van der Waals surface area contributed by atoms with Gasteiger partial charge in [-0.25, -0.2) is 4.79 Å². The number of rotatable bonds is 4. The Balaban J connectivity index is 3.06. The highest BCUT2D eigenvalue weighted by molar-refractivity contribution is 5.93. The normalized spacial score (nSPS) is 11.2. The van der Waals surface area contributed by atoms with Crippen molar-refractivity contribution in [2.45, 2.75) is 39.9 Å². The number of carbonyl (C=O) groups is 1. The molecule has 0 aliphatic carbocycles. The summed E-state index contributed by atoms with van der Waals surface area (Å²) in [6.45, 7) is 7.61. The lowest BCUT2D eigenvalue weighted by Crippen LogP contribution is -2.24. The Bertz CT molecular complexity index is 418. The van der Waals surface area contributed by atoms with Crippen LogP contribution in [0.3, 0.4) is 0 Å². The number of benzene rings is 1. The molecule has 0 radical (unpaired) electrons. The maximum absolute atomic E-state index is 12.0. The third-order valence-electron chi connectivity index (χ3n) is 2.15. The molecule has 0 bridgehead atoms. The van der Waals surface area contributed by atoms with Gasteiger partial charge in [-0.15, -0.1) is 0 Å². The van der Waals surface area contributed by atoms with E-state index < -0.39 is 11.6 Å². The molecular formula is C14H20O4. The first-order valence-electron chi connectivity index (χ1n) is 5.97. The lowest BCUT2D eigenvalue weighted by molar-refractivity contribution is 0.00658. The Morgan fingerprint density at radius 3 is 2.50 bits per heavy atom. The number of esters is 1. The van der Waals surface area contributed by atoms with E-state index in [-0.39, 0.29) is 6.61 Å². The van der Waals surface area contributed by atoms with Gasteiger partial charge in [-0.2, -0.15) is 0 Å². The standard InChI is InChI=1S/C14H20O4/c1-5-17-12-7-6-10(9-15)8-11(12)13(16)18-14(2,3)4/h6-8,15H,5,9H2,1-4H3. The van der Waals surface area contributed by atoms with Gasteiger partial charge >= 0.3 is 5.97 Å². The fraction of sp³-hybridized carbons (Fsp3) is 0.500. The van der Waals surface area contributed by atoms with Crippen LogP contribution in [0.15, 0.2) is 18.2 Å². The molecule has 18 heavy (non-hydrogen) atoms. The van der Waals surface area contributed by atoms with E-state index in [1.54, 1.807) is 39.0 Å². The van der Waals surface area contributed by atoms with Crippen LogP contribution in [0.2, 0.25) is 0 Å². The molecule has 0 aromatic heterocycles. The molecule has 1 rings (SSSR count). The number of hydrogen-bond acceptors (Lipinski definition) is 4. The summed E-state index contributed by atoms with van der Waals surface area (Å²) in [4.78, 5) is 12.0. The smallest absolute Gasteiger partial charge is 0.342 e. The van der Waals surface area contributed by atoms with Gasteiger partial charge in [0.25, 0.3) is 0 Å². The first-order chi connectivity index (χ1) is 8.37. The minimum absolute atomic E-state index is 0.123. The molecule has 0 heterocycles. The largest absolute Gasteiger partial charge is 0.493 e. The third-order valence-corrected chi connectivity index (χ3v) is 2.15. The number of aliphatic hydroxyl groups excluding tert-OH is 1. The molecular weight excluding hydrogens is 232 g/mol. The molecule has 0 saturated heterocycles. The SMILES string of the molecule is CCOc1ccc(CO)cc1C(=O)OC(C)(C)C. The summed E-state index contributed by atoms with van der Waals surface area (Å²) in [6, 6.07) is 4.99. The topological polar surface area (TPSA) is 55.8 Å². The lowest BCUT2D eigenvalue weighted by atomic mass is 10.1. The molecule has 0 unspecified atom stereocenters. The summed E-state index contributed by atoms with van der Waals surface area (Å²) in [7, 11) is 0. The van der Waals surface area contributed by atoms with Gasteiger partial charge in [-0.1, -0.05) is 6.07 Å². The Morgan fingerprint density at radius 2 is 2.00 bits per heavy atom. The highest BCUT2D eigenvalue weighted by atomic mass is 16.6. The molecule has 0 amide bonds. The monoisotopic (exact) mass is 252 g/mol. The van der Waals surface area contributed by atoms with Crippen LogP contribution in [-0.2, 0) is 11.3 Å². The second-order valence-corrected chi connectivity index (χ2v) is 4.92. The summed E-state index contributed by atoms with van der Waals surface area (Å²) in [5, 5.41) is 9.10. The van der Waals surface area contributed by atoms with E-state index >= 15 is 0 Å². The quantitative estimate of drug-likeness (QED) is 0.837. The number of hydrogen-bond donors (Lipinski definition) is 1. The number of aliphatic hydroxyl groups is 1. The molecule has 1 N–H and O–H groups in total. The Labute approximate surface area is 108 Å². The minimum Gasteiger partial charge on any atom is -0.493 e. The highest BCUT2D eigenvalue weighted by Crippen LogP contribution is 2.23. The van der Waals surface area contributed by atoms with Crippen molar-refractivity contribution >= 4 is 5.97 Å². The molecule has 0 saturated carbocycles. The van der Waals surface area contributed by atoms with Gasteiger partial charge in [0.15, 0.2) is 0 Å². The Kier molecular flexibility index (Phi) is 4.73. The van der Waals surface area contributed by atoms with Gasteiger partial charge in [-0.3, -0.25) is 0 Å². The fourth-order valence-corrected chi connectivity index (χ4v) is 1.45. The van der Waals surface area contributed by atoms with Crippen LogP contribution in [0.4, 0.5) is 0 Å². The molecule has 0 spiro atoms. The summed E-state index contributed by atoms with van der Waals surface area (Å²) in [6.07, 6.45) is 0. The zero-order valence-electron chi connectivity index (χ0n) is 11.3. The highest BCUT2D eigenvalue weighted by Gasteiger charge is 2.21. The van der Waals surface area contributed by atoms with Crippen molar-refractivity contribution in [2.75, 3.05) is 6.61 Å². The van der Waals surface area contributed by atoms with Gasteiger partial charge in [0.1, 0.15) is 16.9 Å². The third kappa shape index (κ3) is 4.04. The van der Waals surface area contributed by atoms with Crippen molar-refractivity contribution in [2.24, 2.45) is 0 Å². The summed E-state index contributed by atoms with van der Waals surface area (Å²) >= 11 is 0. The average molecular weight is 252 g/mol. The zero-order valence-corrected chi connectivity index (χ0v) is 11.3. The van der Waals surface area contributed by atoms with E-state index in [4.69, 9.17) is 14.6 Å². The van der Waals surface area contributed by atoms with E-state index in [1.807, 2.05) is 6.92 Å². The molecule has 1 aromatic carbocycles. The number of carbonyl (C=O) groups excluding carboxylic acids is 1. The number of ether oxygens (including phenoxy) is 2. The van der Waals surface area contributed by atoms with Crippen molar-refractivity contribution in [3.05, 3.63) is 29.3 Å². The Morgan fingerprint density at radius 1 is 1.33 bits per heavy atom. The first kappa shape index (κ1) is 14.5. The van der Waals surface area contributed by atoms with Crippen LogP contribution in [0.1, 0.15) is 43.6 Å². The predicted molar refractivity (Wildman–Crippen MR) is 68.7 cm³/mol. The second-order valence-electron chi connectivity index (χ2n) is 4.92. The predicted octanol–water partition coefficient (Wildman–Crippen LogP) is 2.53. The van der Waals surface area contributed by atoms with Crippen molar-refractivity contribution in [1.82, 2.24) is 0 Å². The van der Waals surface area contributed by atoms with Gasteiger partial charge < -0.3 is 14.6 Å². The molecule has 4 heteroatoms.